The highest BCUT2D eigenvalue weighted by Crippen LogP contribution is 2.27. The molecule has 0 heterocycles. The lowest BCUT2D eigenvalue weighted by Crippen LogP contribution is -2.41. The van der Waals surface area contributed by atoms with E-state index in [1.807, 2.05) is 0 Å². The topological polar surface area (TPSA) is 98.5 Å². The first-order valence-corrected chi connectivity index (χ1v) is 7.72. The summed E-state index contributed by atoms with van der Waals surface area (Å²) in [7, 11) is -2.44. The summed E-state index contributed by atoms with van der Waals surface area (Å²) < 4.78 is 29.9. The van der Waals surface area contributed by atoms with Crippen LogP contribution in [0.3, 0.4) is 0 Å². The maximum atomic E-state index is 12.4. The molecule has 7 heteroatoms. The van der Waals surface area contributed by atoms with Crippen LogP contribution in [0.15, 0.2) is 23.1 Å². The van der Waals surface area contributed by atoms with Gasteiger partial charge in [0.05, 0.1) is 17.7 Å². The highest BCUT2D eigenvalue weighted by atomic mass is 32.2. The number of rotatable bonds is 5. The monoisotopic (exact) mass is 300 g/mol. The second-order valence-electron chi connectivity index (χ2n) is 4.75. The Bertz CT molecular complexity index is 596. The van der Waals surface area contributed by atoms with Crippen molar-refractivity contribution in [3.05, 3.63) is 18.2 Å². The van der Waals surface area contributed by atoms with Crippen LogP contribution in [0.5, 0.6) is 5.75 Å². The molecule has 0 bridgehead atoms. The highest BCUT2D eigenvalue weighted by molar-refractivity contribution is 7.93. The van der Waals surface area contributed by atoms with E-state index in [0.29, 0.717) is 5.75 Å². The Hall–Kier alpha value is -1.76. The van der Waals surface area contributed by atoms with Gasteiger partial charge in [0.15, 0.2) is 9.84 Å². The molecule has 112 valence electrons. The van der Waals surface area contributed by atoms with Crippen LogP contribution in [-0.4, -0.2) is 32.7 Å². The fourth-order valence-corrected chi connectivity index (χ4v) is 3.03. The van der Waals surface area contributed by atoms with Crippen LogP contribution in [-0.2, 0) is 14.6 Å². The molecule has 0 saturated heterocycles. The van der Waals surface area contributed by atoms with E-state index in [1.54, 1.807) is 19.9 Å². The molecular formula is C13H20N2O4S. The van der Waals surface area contributed by atoms with Crippen LogP contribution in [0.2, 0.25) is 0 Å². The molecule has 1 amide bonds. The summed E-state index contributed by atoms with van der Waals surface area (Å²) in [5.41, 5.74) is 5.80. The molecule has 0 aromatic heterocycles. The molecule has 0 radical (unpaired) electrons. The Morgan fingerprint density at radius 2 is 1.90 bits per heavy atom. The van der Waals surface area contributed by atoms with Gasteiger partial charge < -0.3 is 15.8 Å². The van der Waals surface area contributed by atoms with Crippen molar-refractivity contribution in [3.8, 4) is 5.75 Å². The van der Waals surface area contributed by atoms with Gasteiger partial charge in [-0.05, 0) is 32.9 Å². The number of methoxy groups -OCH3 is 1. The number of benzene rings is 1. The largest absolute Gasteiger partial charge is 0.497 e. The third-order valence-electron chi connectivity index (χ3n) is 2.79. The number of anilines is 1. The van der Waals surface area contributed by atoms with Crippen molar-refractivity contribution in [2.75, 3.05) is 12.8 Å². The van der Waals surface area contributed by atoms with Crippen molar-refractivity contribution in [1.82, 2.24) is 5.32 Å². The van der Waals surface area contributed by atoms with Gasteiger partial charge in [-0.15, -0.1) is 0 Å². The van der Waals surface area contributed by atoms with E-state index in [1.165, 1.54) is 26.2 Å². The first-order chi connectivity index (χ1) is 9.20. The Morgan fingerprint density at radius 1 is 1.30 bits per heavy atom. The van der Waals surface area contributed by atoms with Crippen molar-refractivity contribution in [3.63, 3.8) is 0 Å². The summed E-state index contributed by atoms with van der Waals surface area (Å²) in [6, 6.07) is 4.19. The molecule has 20 heavy (non-hydrogen) atoms. The van der Waals surface area contributed by atoms with E-state index in [2.05, 4.69) is 5.32 Å². The van der Waals surface area contributed by atoms with Gasteiger partial charge in [0.25, 0.3) is 0 Å². The molecule has 1 rings (SSSR count). The lowest BCUT2D eigenvalue weighted by atomic mass is 10.3. The fraction of sp³-hybridized carbons (Fsp3) is 0.462. The van der Waals surface area contributed by atoms with Crippen LogP contribution in [0.1, 0.15) is 20.8 Å². The molecule has 0 aliphatic carbocycles. The van der Waals surface area contributed by atoms with Gasteiger partial charge in [-0.25, -0.2) is 8.42 Å². The minimum absolute atomic E-state index is 0.0926. The van der Waals surface area contributed by atoms with Crippen molar-refractivity contribution in [1.29, 1.82) is 0 Å². The summed E-state index contributed by atoms with van der Waals surface area (Å²) in [5, 5.41) is 1.35. The molecule has 1 atom stereocenters. The van der Waals surface area contributed by atoms with E-state index < -0.39 is 21.0 Å². The highest BCUT2D eigenvalue weighted by Gasteiger charge is 2.31. The van der Waals surface area contributed by atoms with Gasteiger partial charge >= 0.3 is 0 Å². The van der Waals surface area contributed by atoms with E-state index in [9.17, 15) is 13.2 Å². The number of carbonyl (C=O) groups is 1. The first kappa shape index (κ1) is 16.3. The molecule has 0 spiro atoms. The van der Waals surface area contributed by atoms with Crippen LogP contribution in [0, 0.1) is 0 Å². The Labute approximate surface area is 119 Å². The van der Waals surface area contributed by atoms with E-state index in [0.717, 1.165) is 0 Å². The standard InChI is InChI=1S/C13H20N2O4S/c1-8(2)15-13(16)9(3)20(17,18)12-7-10(19-4)5-6-11(12)14/h5-9H,14H2,1-4H3,(H,15,16). The van der Waals surface area contributed by atoms with Gasteiger partial charge in [-0.2, -0.15) is 0 Å². The van der Waals surface area contributed by atoms with Crippen molar-refractivity contribution in [2.24, 2.45) is 0 Å². The van der Waals surface area contributed by atoms with Crippen LogP contribution >= 0.6 is 0 Å². The SMILES string of the molecule is COc1ccc(N)c(S(=O)(=O)C(C)C(=O)NC(C)C)c1. The summed E-state index contributed by atoms with van der Waals surface area (Å²) in [4.78, 5) is 11.8. The first-order valence-electron chi connectivity index (χ1n) is 6.18. The van der Waals surface area contributed by atoms with Crippen molar-refractivity contribution >= 4 is 21.4 Å². The average molecular weight is 300 g/mol. The number of hydrogen-bond acceptors (Lipinski definition) is 5. The molecule has 0 aliphatic rings. The zero-order chi connectivity index (χ0) is 15.5. The van der Waals surface area contributed by atoms with Crippen LogP contribution in [0.4, 0.5) is 5.69 Å². The molecule has 3 N–H and O–H groups in total. The summed E-state index contributed by atoms with van der Waals surface area (Å²) >= 11 is 0. The van der Waals surface area contributed by atoms with Crippen LogP contribution < -0.4 is 15.8 Å². The average Bonchev–Trinajstić information content (AvgIpc) is 2.37. The number of ether oxygens (including phenoxy) is 1. The van der Waals surface area contributed by atoms with Crippen molar-refractivity contribution < 1.29 is 17.9 Å². The normalized spacial score (nSPS) is 13.1. The number of amides is 1. The smallest absolute Gasteiger partial charge is 0.238 e. The number of sulfone groups is 1. The van der Waals surface area contributed by atoms with E-state index in [-0.39, 0.29) is 16.6 Å². The Balaban J connectivity index is 3.19. The quantitative estimate of drug-likeness (QED) is 0.789. The number of nitrogens with one attached hydrogen (secondary N) is 1. The predicted octanol–water partition coefficient (Wildman–Crippen LogP) is 0.964. The van der Waals surface area contributed by atoms with Gasteiger partial charge in [0.2, 0.25) is 5.91 Å². The summed E-state index contributed by atoms with van der Waals surface area (Å²) in [6.07, 6.45) is 0. The molecular weight excluding hydrogens is 280 g/mol. The molecule has 1 aromatic carbocycles. The lowest BCUT2D eigenvalue weighted by Gasteiger charge is -2.16. The van der Waals surface area contributed by atoms with Gasteiger partial charge in [0, 0.05) is 12.1 Å². The zero-order valence-electron chi connectivity index (χ0n) is 12.0. The van der Waals surface area contributed by atoms with Gasteiger partial charge in [0.1, 0.15) is 11.0 Å². The molecule has 6 nitrogen and oxygen atoms in total. The summed E-state index contributed by atoms with van der Waals surface area (Å²) in [5.74, 6) is -0.184. The fourth-order valence-electron chi connectivity index (χ4n) is 1.62. The van der Waals surface area contributed by atoms with E-state index in [4.69, 9.17) is 10.5 Å². The minimum Gasteiger partial charge on any atom is -0.497 e. The molecule has 0 aliphatic heterocycles. The minimum atomic E-state index is -3.86. The second-order valence-corrected chi connectivity index (χ2v) is 6.99. The van der Waals surface area contributed by atoms with Gasteiger partial charge in [-0.3, -0.25) is 4.79 Å². The molecule has 1 aromatic rings. The van der Waals surface area contributed by atoms with E-state index >= 15 is 0 Å². The predicted molar refractivity (Wildman–Crippen MR) is 77.3 cm³/mol. The van der Waals surface area contributed by atoms with Crippen LogP contribution in [0.25, 0.3) is 0 Å². The zero-order valence-corrected chi connectivity index (χ0v) is 12.8. The maximum absolute atomic E-state index is 12.4. The van der Waals surface area contributed by atoms with Gasteiger partial charge in [-0.1, -0.05) is 0 Å². The number of hydrogen-bond donors (Lipinski definition) is 2. The number of nitrogen functional groups attached to an aromatic ring is 1. The van der Waals surface area contributed by atoms with Crippen molar-refractivity contribution in [2.45, 2.75) is 37.0 Å². The third kappa shape index (κ3) is 3.41. The molecule has 0 fully saturated rings. The lowest BCUT2D eigenvalue weighted by molar-refractivity contribution is -0.120. The number of carbonyl (C=O) groups excluding carboxylic acids is 1. The maximum Gasteiger partial charge on any atom is 0.238 e. The third-order valence-corrected chi connectivity index (χ3v) is 4.90. The Kier molecular flexibility index (Phi) is 4.99. The molecule has 0 saturated carbocycles. The second kappa shape index (κ2) is 6.13. The summed E-state index contributed by atoms with van der Waals surface area (Å²) in [6.45, 7) is 4.86. The molecule has 1 unspecified atom stereocenters. The number of nitrogens with two attached hydrogens (primary N) is 1. The Morgan fingerprint density at radius 3 is 2.40 bits per heavy atom.